The van der Waals surface area contributed by atoms with Gasteiger partial charge in [0.2, 0.25) is 5.89 Å². The van der Waals surface area contributed by atoms with Crippen molar-refractivity contribution in [3.63, 3.8) is 0 Å². The maximum atomic E-state index is 6.46. The second kappa shape index (κ2) is 6.27. The summed E-state index contributed by atoms with van der Waals surface area (Å²) in [5.41, 5.74) is 6.06. The zero-order valence-electron chi connectivity index (χ0n) is 12.2. The van der Waals surface area contributed by atoms with Crippen LogP contribution < -0.4 is 5.73 Å². The van der Waals surface area contributed by atoms with Crippen LogP contribution in [-0.2, 0) is 11.3 Å². The molecule has 1 aromatic rings. The van der Waals surface area contributed by atoms with Crippen molar-refractivity contribution in [3.8, 4) is 0 Å². The van der Waals surface area contributed by atoms with E-state index in [0.29, 0.717) is 17.7 Å². The van der Waals surface area contributed by atoms with Crippen molar-refractivity contribution in [1.29, 1.82) is 0 Å². The predicted octanol–water partition coefficient (Wildman–Crippen LogP) is 3.32. The Kier molecular flexibility index (Phi) is 4.90. The van der Waals surface area contributed by atoms with Crippen molar-refractivity contribution in [1.82, 2.24) is 10.1 Å². The van der Waals surface area contributed by atoms with E-state index in [-0.39, 0.29) is 0 Å². The molecule has 0 aliphatic heterocycles. The molecule has 1 aliphatic rings. The third-order valence-corrected chi connectivity index (χ3v) is 4.97. The molecular formula is C14H25N3OS. The summed E-state index contributed by atoms with van der Waals surface area (Å²) in [5, 5.41) is 4.07. The molecule has 1 aromatic heterocycles. The number of hydrogen-bond acceptors (Lipinski definition) is 5. The van der Waals surface area contributed by atoms with E-state index in [9.17, 15) is 0 Å². The van der Waals surface area contributed by atoms with Crippen molar-refractivity contribution < 1.29 is 4.52 Å². The Morgan fingerprint density at radius 1 is 1.53 bits per heavy atom. The molecule has 108 valence electrons. The van der Waals surface area contributed by atoms with Crippen LogP contribution in [-0.4, -0.2) is 15.9 Å². The molecule has 0 radical (unpaired) electrons. The number of nitrogens with zero attached hydrogens (tertiary/aromatic N) is 2. The van der Waals surface area contributed by atoms with Gasteiger partial charge in [0, 0.05) is 0 Å². The molecule has 1 aliphatic carbocycles. The van der Waals surface area contributed by atoms with Crippen LogP contribution in [0, 0.1) is 11.8 Å². The van der Waals surface area contributed by atoms with Gasteiger partial charge in [0.15, 0.2) is 5.82 Å². The number of hydrogen-bond donors (Lipinski definition) is 1. The van der Waals surface area contributed by atoms with Crippen LogP contribution in [0.25, 0.3) is 0 Å². The fourth-order valence-electron chi connectivity index (χ4n) is 2.69. The molecule has 2 atom stereocenters. The molecule has 4 nitrogen and oxygen atoms in total. The van der Waals surface area contributed by atoms with E-state index in [2.05, 4.69) is 30.9 Å². The van der Waals surface area contributed by atoms with Crippen LogP contribution >= 0.6 is 11.8 Å². The number of thioether (sulfide) groups is 1. The van der Waals surface area contributed by atoms with E-state index in [0.717, 1.165) is 36.6 Å². The van der Waals surface area contributed by atoms with Gasteiger partial charge in [-0.05, 0) is 30.4 Å². The summed E-state index contributed by atoms with van der Waals surface area (Å²) in [6.07, 6.45) is 4.31. The minimum absolute atomic E-state index is 0.397. The topological polar surface area (TPSA) is 64.9 Å². The number of nitrogens with two attached hydrogens (primary N) is 1. The Balaban J connectivity index is 1.96. The lowest BCUT2D eigenvalue weighted by Gasteiger charge is -2.33. The van der Waals surface area contributed by atoms with Crippen molar-refractivity contribution in [2.24, 2.45) is 17.6 Å². The summed E-state index contributed by atoms with van der Waals surface area (Å²) in [5.74, 6) is 4.69. The Hall–Kier alpha value is -0.550. The van der Waals surface area contributed by atoms with Gasteiger partial charge >= 0.3 is 0 Å². The first-order valence-corrected chi connectivity index (χ1v) is 8.35. The summed E-state index contributed by atoms with van der Waals surface area (Å²) in [6, 6.07) is 0. The van der Waals surface area contributed by atoms with Crippen LogP contribution in [0.3, 0.4) is 0 Å². The molecule has 1 heterocycles. The Morgan fingerprint density at radius 3 is 3.00 bits per heavy atom. The number of aromatic nitrogens is 2. The smallest absolute Gasteiger partial charge is 0.246 e. The van der Waals surface area contributed by atoms with Crippen molar-refractivity contribution >= 4 is 11.8 Å². The van der Waals surface area contributed by atoms with E-state index in [1.165, 1.54) is 6.42 Å². The fourth-order valence-corrected chi connectivity index (χ4v) is 3.58. The summed E-state index contributed by atoms with van der Waals surface area (Å²) >= 11 is 1.85. The van der Waals surface area contributed by atoms with E-state index < -0.39 is 5.54 Å². The molecular weight excluding hydrogens is 258 g/mol. The largest absolute Gasteiger partial charge is 0.337 e. The standard InChI is InChI=1S/C14H25N3OS/c1-10(2)8-19-9-12-16-13(18-17-12)14(15)6-4-5-11(3)7-14/h10-11H,4-9,15H2,1-3H3. The summed E-state index contributed by atoms with van der Waals surface area (Å²) < 4.78 is 5.41. The minimum Gasteiger partial charge on any atom is -0.337 e. The molecule has 2 N–H and O–H groups in total. The highest BCUT2D eigenvalue weighted by Crippen LogP contribution is 2.37. The highest BCUT2D eigenvalue weighted by atomic mass is 32.2. The summed E-state index contributed by atoms with van der Waals surface area (Å²) in [6.45, 7) is 6.68. The maximum Gasteiger partial charge on any atom is 0.246 e. The van der Waals surface area contributed by atoms with Gasteiger partial charge < -0.3 is 10.3 Å². The lowest BCUT2D eigenvalue weighted by atomic mass is 9.77. The van der Waals surface area contributed by atoms with Gasteiger partial charge in [-0.2, -0.15) is 16.7 Å². The maximum absolute atomic E-state index is 6.46. The summed E-state index contributed by atoms with van der Waals surface area (Å²) in [4.78, 5) is 4.51. The summed E-state index contributed by atoms with van der Waals surface area (Å²) in [7, 11) is 0. The molecule has 19 heavy (non-hydrogen) atoms. The third-order valence-electron chi connectivity index (χ3n) is 3.61. The van der Waals surface area contributed by atoms with Crippen LogP contribution in [0.2, 0.25) is 0 Å². The monoisotopic (exact) mass is 283 g/mol. The molecule has 0 spiro atoms. The highest BCUT2D eigenvalue weighted by Gasteiger charge is 2.37. The van der Waals surface area contributed by atoms with E-state index in [1.54, 1.807) is 0 Å². The van der Waals surface area contributed by atoms with Crippen LogP contribution in [0.1, 0.15) is 58.2 Å². The van der Waals surface area contributed by atoms with Gasteiger partial charge in [0.05, 0.1) is 11.3 Å². The van der Waals surface area contributed by atoms with Gasteiger partial charge in [-0.3, -0.25) is 0 Å². The Bertz CT molecular complexity index is 407. The average Bonchev–Trinajstić information content (AvgIpc) is 2.77. The third kappa shape index (κ3) is 3.96. The van der Waals surface area contributed by atoms with Gasteiger partial charge in [-0.15, -0.1) is 0 Å². The van der Waals surface area contributed by atoms with E-state index >= 15 is 0 Å². The molecule has 5 heteroatoms. The Labute approximate surface area is 119 Å². The first kappa shape index (κ1) is 14.9. The average molecular weight is 283 g/mol. The van der Waals surface area contributed by atoms with E-state index in [4.69, 9.17) is 10.3 Å². The normalized spacial score (nSPS) is 27.9. The lowest BCUT2D eigenvalue weighted by molar-refractivity contribution is 0.183. The first-order valence-electron chi connectivity index (χ1n) is 7.19. The molecule has 1 fully saturated rings. The molecule has 2 rings (SSSR count). The highest BCUT2D eigenvalue weighted by molar-refractivity contribution is 7.98. The quantitative estimate of drug-likeness (QED) is 0.898. The minimum atomic E-state index is -0.397. The predicted molar refractivity (Wildman–Crippen MR) is 78.8 cm³/mol. The first-order chi connectivity index (χ1) is 8.99. The second-order valence-electron chi connectivity index (χ2n) is 6.28. The van der Waals surface area contributed by atoms with Crippen LogP contribution in [0.4, 0.5) is 0 Å². The van der Waals surface area contributed by atoms with E-state index in [1.807, 2.05) is 11.8 Å². The van der Waals surface area contributed by atoms with Gasteiger partial charge in [-0.25, -0.2) is 0 Å². The zero-order chi connectivity index (χ0) is 13.9. The molecule has 0 saturated heterocycles. The lowest BCUT2D eigenvalue weighted by Crippen LogP contribution is -2.41. The molecule has 0 amide bonds. The number of rotatable bonds is 5. The molecule has 2 unspecified atom stereocenters. The second-order valence-corrected chi connectivity index (χ2v) is 7.31. The van der Waals surface area contributed by atoms with Gasteiger partial charge in [-0.1, -0.05) is 38.8 Å². The van der Waals surface area contributed by atoms with Crippen molar-refractivity contribution in [2.75, 3.05) is 5.75 Å². The zero-order valence-corrected chi connectivity index (χ0v) is 13.0. The Morgan fingerprint density at radius 2 is 2.32 bits per heavy atom. The molecule has 0 bridgehead atoms. The van der Waals surface area contributed by atoms with Gasteiger partial charge in [0.25, 0.3) is 0 Å². The van der Waals surface area contributed by atoms with Gasteiger partial charge in [0.1, 0.15) is 0 Å². The fraction of sp³-hybridized carbons (Fsp3) is 0.857. The van der Waals surface area contributed by atoms with Crippen molar-refractivity contribution in [2.45, 2.75) is 57.7 Å². The van der Waals surface area contributed by atoms with Crippen molar-refractivity contribution in [3.05, 3.63) is 11.7 Å². The van der Waals surface area contributed by atoms with Crippen LogP contribution in [0.15, 0.2) is 4.52 Å². The molecule has 0 aromatic carbocycles. The SMILES string of the molecule is CC(C)CSCc1noc(C2(N)CCCC(C)C2)n1. The van der Waals surface area contributed by atoms with Crippen LogP contribution in [0.5, 0.6) is 0 Å². The molecule has 1 saturated carbocycles.